The van der Waals surface area contributed by atoms with Crippen LogP contribution >= 0.6 is 0 Å². The Bertz CT molecular complexity index is 388. The number of nitrogens with two attached hydrogens (primary N) is 1. The minimum atomic E-state index is -0.504. The van der Waals surface area contributed by atoms with E-state index >= 15 is 0 Å². The van der Waals surface area contributed by atoms with Gasteiger partial charge in [-0.2, -0.15) is 4.98 Å². The van der Waals surface area contributed by atoms with Crippen LogP contribution < -0.4 is 11.1 Å². The van der Waals surface area contributed by atoms with Crippen LogP contribution in [0.5, 0.6) is 0 Å². The summed E-state index contributed by atoms with van der Waals surface area (Å²) in [4.78, 5) is 7.35. The molecule has 1 aliphatic rings. The zero-order chi connectivity index (χ0) is 12.3. The quantitative estimate of drug-likeness (QED) is 0.738. The van der Waals surface area contributed by atoms with E-state index in [4.69, 9.17) is 5.73 Å². The lowest BCUT2D eigenvalue weighted by Gasteiger charge is -2.26. The van der Waals surface area contributed by atoms with Crippen molar-refractivity contribution < 1.29 is 9.50 Å². The highest BCUT2D eigenvalue weighted by atomic mass is 19.1. The van der Waals surface area contributed by atoms with Crippen LogP contribution in [-0.2, 0) is 0 Å². The second-order valence-corrected chi connectivity index (χ2v) is 4.49. The first kappa shape index (κ1) is 12.0. The van der Waals surface area contributed by atoms with Crippen LogP contribution in [-0.4, -0.2) is 27.7 Å². The minimum Gasteiger partial charge on any atom is -0.393 e. The first-order chi connectivity index (χ1) is 8.15. The van der Waals surface area contributed by atoms with Crippen LogP contribution in [0.4, 0.5) is 16.2 Å². The lowest BCUT2D eigenvalue weighted by Crippen LogP contribution is -2.25. The van der Waals surface area contributed by atoms with E-state index in [1.54, 1.807) is 0 Å². The summed E-state index contributed by atoms with van der Waals surface area (Å²) < 4.78 is 13.3. The maximum Gasteiger partial charge on any atom is 0.222 e. The highest BCUT2D eigenvalue weighted by molar-refractivity contribution is 5.39. The molecule has 1 aliphatic carbocycles. The van der Waals surface area contributed by atoms with Gasteiger partial charge < -0.3 is 16.2 Å². The smallest absolute Gasteiger partial charge is 0.222 e. The van der Waals surface area contributed by atoms with Crippen molar-refractivity contribution in [3.05, 3.63) is 12.0 Å². The van der Waals surface area contributed by atoms with Crippen LogP contribution in [0.1, 0.15) is 25.7 Å². The molecule has 17 heavy (non-hydrogen) atoms. The predicted molar refractivity (Wildman–Crippen MR) is 62.9 cm³/mol. The average molecular weight is 240 g/mol. The molecule has 94 valence electrons. The molecule has 0 aliphatic heterocycles. The molecule has 0 spiro atoms. The number of aromatic nitrogens is 2. The van der Waals surface area contributed by atoms with Crippen LogP contribution in [0.25, 0.3) is 0 Å². The number of nitrogens with zero attached hydrogens (tertiary/aromatic N) is 2. The summed E-state index contributed by atoms with van der Waals surface area (Å²) >= 11 is 0. The van der Waals surface area contributed by atoms with Gasteiger partial charge in [0.2, 0.25) is 5.95 Å². The van der Waals surface area contributed by atoms with Gasteiger partial charge in [-0.1, -0.05) is 6.42 Å². The molecule has 1 aromatic heterocycles. The zero-order valence-electron chi connectivity index (χ0n) is 9.56. The summed E-state index contributed by atoms with van der Waals surface area (Å²) in [5, 5.41) is 12.5. The number of hydrogen-bond acceptors (Lipinski definition) is 5. The minimum absolute atomic E-state index is 0.0533. The van der Waals surface area contributed by atoms with E-state index in [2.05, 4.69) is 15.3 Å². The molecule has 1 fully saturated rings. The Morgan fingerprint density at radius 1 is 1.53 bits per heavy atom. The molecule has 0 aromatic carbocycles. The molecule has 2 rings (SSSR count). The molecule has 0 saturated heterocycles. The summed E-state index contributed by atoms with van der Waals surface area (Å²) in [6.45, 7) is 0.602. The third-order valence-electron chi connectivity index (χ3n) is 3.08. The normalized spacial score (nSPS) is 24.6. The fourth-order valence-electron chi connectivity index (χ4n) is 2.19. The van der Waals surface area contributed by atoms with Gasteiger partial charge in [-0.15, -0.1) is 0 Å². The third-order valence-corrected chi connectivity index (χ3v) is 3.08. The number of aliphatic hydroxyl groups excluding tert-OH is 1. The van der Waals surface area contributed by atoms with Gasteiger partial charge in [-0.05, 0) is 25.2 Å². The van der Waals surface area contributed by atoms with E-state index in [0.717, 1.165) is 31.9 Å². The number of halogens is 1. The van der Waals surface area contributed by atoms with E-state index in [-0.39, 0.29) is 17.9 Å². The Morgan fingerprint density at radius 2 is 2.35 bits per heavy atom. The predicted octanol–water partition coefficient (Wildman–Crippen LogP) is 1.16. The van der Waals surface area contributed by atoms with Gasteiger partial charge in [0, 0.05) is 6.54 Å². The van der Waals surface area contributed by atoms with Crippen molar-refractivity contribution in [2.24, 2.45) is 5.92 Å². The Kier molecular flexibility index (Phi) is 3.73. The number of nitrogens with one attached hydrogen (secondary N) is 1. The fraction of sp³-hybridized carbons (Fsp3) is 0.636. The van der Waals surface area contributed by atoms with Gasteiger partial charge in [-0.25, -0.2) is 9.37 Å². The van der Waals surface area contributed by atoms with E-state index in [9.17, 15) is 9.50 Å². The van der Waals surface area contributed by atoms with Crippen LogP contribution in [0.3, 0.4) is 0 Å². The second kappa shape index (κ2) is 5.27. The van der Waals surface area contributed by atoms with E-state index < -0.39 is 5.82 Å². The molecule has 1 saturated carbocycles. The number of aliphatic hydroxyl groups is 1. The number of hydrogen-bond donors (Lipinski definition) is 3. The molecule has 1 aromatic rings. The molecule has 4 N–H and O–H groups in total. The summed E-state index contributed by atoms with van der Waals surface area (Å²) in [6.07, 6.45) is 4.52. The maximum atomic E-state index is 13.3. The van der Waals surface area contributed by atoms with Gasteiger partial charge in [0.05, 0.1) is 12.3 Å². The summed E-state index contributed by atoms with van der Waals surface area (Å²) in [7, 11) is 0. The van der Waals surface area contributed by atoms with Crippen molar-refractivity contribution in [1.29, 1.82) is 0 Å². The Hall–Kier alpha value is -1.43. The zero-order valence-corrected chi connectivity index (χ0v) is 9.56. The first-order valence-electron chi connectivity index (χ1n) is 5.85. The van der Waals surface area contributed by atoms with Crippen molar-refractivity contribution in [1.82, 2.24) is 9.97 Å². The molecular weight excluding hydrogens is 223 g/mol. The van der Waals surface area contributed by atoms with Crippen molar-refractivity contribution in [2.75, 3.05) is 17.6 Å². The molecule has 6 heteroatoms. The van der Waals surface area contributed by atoms with Gasteiger partial charge >= 0.3 is 0 Å². The van der Waals surface area contributed by atoms with Crippen molar-refractivity contribution in [3.63, 3.8) is 0 Å². The highest BCUT2D eigenvalue weighted by Crippen LogP contribution is 2.24. The van der Waals surface area contributed by atoms with Crippen molar-refractivity contribution in [2.45, 2.75) is 31.8 Å². The molecule has 5 nitrogen and oxygen atoms in total. The van der Waals surface area contributed by atoms with Crippen molar-refractivity contribution >= 4 is 11.8 Å². The van der Waals surface area contributed by atoms with Gasteiger partial charge in [0.1, 0.15) is 0 Å². The SMILES string of the molecule is Nc1ncc(F)c(NCC2CCCC(O)C2)n1. The largest absolute Gasteiger partial charge is 0.393 e. The molecule has 1 heterocycles. The van der Waals surface area contributed by atoms with Crippen molar-refractivity contribution in [3.8, 4) is 0 Å². The van der Waals surface area contributed by atoms with E-state index in [1.165, 1.54) is 0 Å². The second-order valence-electron chi connectivity index (χ2n) is 4.49. The number of nitrogen functional groups attached to an aromatic ring is 1. The summed E-state index contributed by atoms with van der Waals surface area (Å²) in [5.74, 6) is 0.0417. The average Bonchev–Trinajstić information content (AvgIpc) is 2.30. The first-order valence-corrected chi connectivity index (χ1v) is 5.85. The molecule has 0 radical (unpaired) electrons. The number of rotatable bonds is 3. The van der Waals surface area contributed by atoms with Gasteiger partial charge in [0.15, 0.2) is 11.6 Å². The van der Waals surface area contributed by atoms with E-state index in [1.807, 2.05) is 0 Å². The highest BCUT2D eigenvalue weighted by Gasteiger charge is 2.20. The standard InChI is InChI=1S/C11H17FN4O/c12-9-6-15-11(13)16-10(9)14-5-7-2-1-3-8(17)4-7/h6-8,17H,1-5H2,(H3,13,14,15,16). The Morgan fingerprint density at radius 3 is 3.12 bits per heavy atom. The van der Waals surface area contributed by atoms with Gasteiger partial charge in [0.25, 0.3) is 0 Å². The molecule has 0 amide bonds. The lowest BCUT2D eigenvalue weighted by atomic mass is 9.87. The fourth-order valence-corrected chi connectivity index (χ4v) is 2.19. The molecular formula is C11H17FN4O. The van der Waals surface area contributed by atoms with Gasteiger partial charge in [-0.3, -0.25) is 0 Å². The Labute approximate surface area is 99.3 Å². The third kappa shape index (κ3) is 3.26. The van der Waals surface area contributed by atoms with Crippen LogP contribution in [0, 0.1) is 11.7 Å². The van der Waals surface area contributed by atoms with Crippen LogP contribution in [0.15, 0.2) is 6.20 Å². The lowest BCUT2D eigenvalue weighted by molar-refractivity contribution is 0.104. The Balaban J connectivity index is 1.90. The van der Waals surface area contributed by atoms with Crippen LogP contribution in [0.2, 0.25) is 0 Å². The molecule has 0 bridgehead atoms. The topological polar surface area (TPSA) is 84.1 Å². The summed E-state index contributed by atoms with van der Waals surface area (Å²) in [6, 6.07) is 0. The monoisotopic (exact) mass is 240 g/mol. The molecule has 2 unspecified atom stereocenters. The molecule has 2 atom stereocenters. The van der Waals surface area contributed by atoms with E-state index in [0.29, 0.717) is 12.5 Å². The summed E-state index contributed by atoms with van der Waals surface area (Å²) in [5.41, 5.74) is 5.39. The maximum absolute atomic E-state index is 13.3. The number of anilines is 2.